The highest BCUT2D eigenvalue weighted by atomic mass is 35.5. The number of hydrogen-bond donors (Lipinski definition) is 1. The zero-order valence-electron chi connectivity index (χ0n) is 8.47. The zero-order valence-corrected chi connectivity index (χ0v) is 9.22. The number of halogens is 1. The lowest BCUT2D eigenvalue weighted by atomic mass is 10.1. The van der Waals surface area contributed by atoms with Crippen molar-refractivity contribution in [2.24, 2.45) is 10.7 Å². The topological polar surface area (TPSA) is 51.3 Å². The first kappa shape index (κ1) is 10.6. The van der Waals surface area contributed by atoms with Gasteiger partial charge in [-0.05, 0) is 23.3 Å². The SMILES string of the molecule is NC=Nc1cc(-c2ccccc2)cc(Cl)n1. The molecule has 2 N–H and O–H groups in total. The molecule has 1 aromatic carbocycles. The number of pyridine rings is 1. The summed E-state index contributed by atoms with van der Waals surface area (Å²) in [4.78, 5) is 7.95. The lowest BCUT2D eigenvalue weighted by Gasteiger charge is -2.02. The van der Waals surface area contributed by atoms with Crippen LogP contribution in [0.15, 0.2) is 47.5 Å². The van der Waals surface area contributed by atoms with E-state index in [2.05, 4.69) is 9.98 Å². The molecule has 4 heteroatoms. The quantitative estimate of drug-likeness (QED) is 0.491. The van der Waals surface area contributed by atoms with Gasteiger partial charge < -0.3 is 5.73 Å². The highest BCUT2D eigenvalue weighted by Crippen LogP contribution is 2.25. The summed E-state index contributed by atoms with van der Waals surface area (Å²) in [5, 5.41) is 0.405. The van der Waals surface area contributed by atoms with E-state index in [-0.39, 0.29) is 0 Å². The molecule has 3 nitrogen and oxygen atoms in total. The molecule has 0 aliphatic rings. The van der Waals surface area contributed by atoms with Crippen LogP contribution in [0.25, 0.3) is 11.1 Å². The Labute approximate surface area is 98.6 Å². The number of nitrogens with two attached hydrogens (primary N) is 1. The van der Waals surface area contributed by atoms with Crippen molar-refractivity contribution in [3.63, 3.8) is 0 Å². The van der Waals surface area contributed by atoms with Gasteiger partial charge in [0, 0.05) is 0 Å². The number of aliphatic imine (C=N–C) groups is 1. The molecule has 16 heavy (non-hydrogen) atoms. The highest BCUT2D eigenvalue weighted by molar-refractivity contribution is 6.29. The molecule has 0 fully saturated rings. The molecular formula is C12H10ClN3. The monoisotopic (exact) mass is 231 g/mol. The van der Waals surface area contributed by atoms with Crippen LogP contribution in [0.5, 0.6) is 0 Å². The van der Waals surface area contributed by atoms with Gasteiger partial charge in [-0.15, -0.1) is 0 Å². The number of rotatable bonds is 2. The molecule has 0 saturated heterocycles. The second kappa shape index (κ2) is 4.77. The van der Waals surface area contributed by atoms with Crippen LogP contribution in [-0.2, 0) is 0 Å². The van der Waals surface area contributed by atoms with E-state index in [9.17, 15) is 0 Å². The average Bonchev–Trinajstić information content (AvgIpc) is 2.30. The summed E-state index contributed by atoms with van der Waals surface area (Å²) in [7, 11) is 0. The van der Waals surface area contributed by atoms with E-state index in [1.807, 2.05) is 36.4 Å². The summed E-state index contributed by atoms with van der Waals surface area (Å²) in [6.45, 7) is 0. The number of benzene rings is 1. The van der Waals surface area contributed by atoms with Gasteiger partial charge in [0.05, 0.1) is 6.34 Å². The summed E-state index contributed by atoms with van der Waals surface area (Å²) in [5.74, 6) is 0.508. The van der Waals surface area contributed by atoms with Gasteiger partial charge >= 0.3 is 0 Å². The van der Waals surface area contributed by atoms with Crippen LogP contribution in [0.4, 0.5) is 5.82 Å². The minimum Gasteiger partial charge on any atom is -0.390 e. The Balaban J connectivity index is 2.49. The molecule has 80 valence electrons. The van der Waals surface area contributed by atoms with Crippen molar-refractivity contribution >= 4 is 23.8 Å². The van der Waals surface area contributed by atoms with E-state index in [1.54, 1.807) is 6.07 Å². The second-order valence-corrected chi connectivity index (χ2v) is 3.57. The van der Waals surface area contributed by atoms with Crippen LogP contribution >= 0.6 is 11.6 Å². The molecule has 0 amide bonds. The molecule has 0 spiro atoms. The molecule has 1 heterocycles. The lowest BCUT2D eigenvalue weighted by Crippen LogP contribution is -1.88. The lowest BCUT2D eigenvalue weighted by molar-refractivity contribution is 1.28. The largest absolute Gasteiger partial charge is 0.390 e. The molecule has 0 bridgehead atoms. The van der Waals surface area contributed by atoms with Crippen molar-refractivity contribution in [1.82, 2.24) is 4.98 Å². The van der Waals surface area contributed by atoms with Gasteiger partial charge in [-0.3, -0.25) is 0 Å². The number of aromatic nitrogens is 1. The van der Waals surface area contributed by atoms with E-state index < -0.39 is 0 Å². The van der Waals surface area contributed by atoms with Crippen molar-refractivity contribution in [2.75, 3.05) is 0 Å². The summed E-state index contributed by atoms with van der Waals surface area (Å²) in [6, 6.07) is 13.5. The van der Waals surface area contributed by atoms with Crippen molar-refractivity contribution < 1.29 is 0 Å². The molecule has 1 aromatic heterocycles. The van der Waals surface area contributed by atoms with Crippen LogP contribution in [0.3, 0.4) is 0 Å². The van der Waals surface area contributed by atoms with Gasteiger partial charge in [-0.25, -0.2) is 9.98 Å². The summed E-state index contributed by atoms with van der Waals surface area (Å²) in [5.41, 5.74) is 7.27. The van der Waals surface area contributed by atoms with Crippen molar-refractivity contribution in [1.29, 1.82) is 0 Å². The third-order valence-electron chi connectivity index (χ3n) is 2.09. The first-order chi connectivity index (χ1) is 7.79. The smallest absolute Gasteiger partial charge is 0.155 e. The average molecular weight is 232 g/mol. The Morgan fingerprint density at radius 3 is 2.56 bits per heavy atom. The van der Waals surface area contributed by atoms with E-state index in [4.69, 9.17) is 17.3 Å². The first-order valence-corrected chi connectivity index (χ1v) is 5.14. The van der Waals surface area contributed by atoms with E-state index in [0.29, 0.717) is 11.0 Å². The second-order valence-electron chi connectivity index (χ2n) is 3.18. The zero-order chi connectivity index (χ0) is 11.4. The van der Waals surface area contributed by atoms with Crippen LogP contribution in [-0.4, -0.2) is 11.3 Å². The third-order valence-corrected chi connectivity index (χ3v) is 2.29. The Morgan fingerprint density at radius 2 is 1.88 bits per heavy atom. The minimum absolute atomic E-state index is 0.405. The molecule has 0 aliphatic carbocycles. The minimum atomic E-state index is 0.405. The molecule has 0 atom stereocenters. The van der Waals surface area contributed by atoms with Crippen LogP contribution in [0.2, 0.25) is 5.15 Å². The Bertz CT molecular complexity index is 509. The van der Waals surface area contributed by atoms with Crippen molar-refractivity contribution in [3.8, 4) is 11.1 Å². The molecule has 0 saturated carbocycles. The van der Waals surface area contributed by atoms with Gasteiger partial charge in [0.1, 0.15) is 5.15 Å². The van der Waals surface area contributed by atoms with Gasteiger partial charge in [0.2, 0.25) is 0 Å². The fourth-order valence-electron chi connectivity index (χ4n) is 1.42. The van der Waals surface area contributed by atoms with Gasteiger partial charge in [-0.2, -0.15) is 0 Å². The van der Waals surface area contributed by atoms with Crippen LogP contribution in [0.1, 0.15) is 0 Å². The molecule has 2 rings (SSSR count). The summed E-state index contributed by atoms with van der Waals surface area (Å²) < 4.78 is 0. The molecule has 2 aromatic rings. The standard InChI is InChI=1S/C12H10ClN3/c13-11-6-10(7-12(16-11)15-8-14)9-4-2-1-3-5-9/h1-8H,(H2,14,15,16). The van der Waals surface area contributed by atoms with Crippen LogP contribution < -0.4 is 5.73 Å². The van der Waals surface area contributed by atoms with Crippen molar-refractivity contribution in [2.45, 2.75) is 0 Å². The molecule has 0 aliphatic heterocycles. The Morgan fingerprint density at radius 1 is 1.12 bits per heavy atom. The maximum absolute atomic E-state index is 5.91. The predicted octanol–water partition coefficient (Wildman–Crippen LogP) is 3.02. The van der Waals surface area contributed by atoms with E-state index in [1.165, 1.54) is 6.34 Å². The number of nitrogens with zero attached hydrogens (tertiary/aromatic N) is 2. The third kappa shape index (κ3) is 2.38. The first-order valence-electron chi connectivity index (χ1n) is 4.77. The normalized spacial score (nSPS) is 10.8. The predicted molar refractivity (Wildman–Crippen MR) is 67.0 cm³/mol. The maximum Gasteiger partial charge on any atom is 0.155 e. The molecule has 0 unspecified atom stereocenters. The molecular weight excluding hydrogens is 222 g/mol. The highest BCUT2D eigenvalue weighted by Gasteiger charge is 2.01. The van der Waals surface area contributed by atoms with Gasteiger partial charge in [-0.1, -0.05) is 41.9 Å². The maximum atomic E-state index is 5.91. The van der Waals surface area contributed by atoms with E-state index >= 15 is 0 Å². The summed E-state index contributed by atoms with van der Waals surface area (Å²) in [6.07, 6.45) is 1.20. The van der Waals surface area contributed by atoms with Gasteiger partial charge in [0.25, 0.3) is 0 Å². The van der Waals surface area contributed by atoms with Gasteiger partial charge in [0.15, 0.2) is 5.82 Å². The fourth-order valence-corrected chi connectivity index (χ4v) is 1.63. The van der Waals surface area contributed by atoms with E-state index in [0.717, 1.165) is 11.1 Å². The molecule has 0 radical (unpaired) electrons. The Kier molecular flexibility index (Phi) is 3.17. The van der Waals surface area contributed by atoms with Crippen molar-refractivity contribution in [3.05, 3.63) is 47.6 Å². The van der Waals surface area contributed by atoms with Crippen LogP contribution in [0, 0.1) is 0 Å². The number of hydrogen-bond acceptors (Lipinski definition) is 2. The fraction of sp³-hybridized carbons (Fsp3) is 0. The Hall–Kier alpha value is -1.87. The summed E-state index contributed by atoms with van der Waals surface area (Å²) >= 11 is 5.91.